The van der Waals surface area contributed by atoms with E-state index in [0.717, 1.165) is 25.7 Å². The topological polar surface area (TPSA) is 105 Å². The largest absolute Gasteiger partial charge is 0.363 e. The lowest BCUT2D eigenvalue weighted by atomic mass is 9.96. The second kappa shape index (κ2) is 8.85. The monoisotopic (exact) mass is 410 g/mol. The van der Waals surface area contributed by atoms with E-state index in [4.69, 9.17) is 0 Å². The van der Waals surface area contributed by atoms with Crippen molar-refractivity contribution in [3.05, 3.63) is 30.7 Å². The number of nitrogens with one attached hydrogen (secondary N) is 1. The van der Waals surface area contributed by atoms with Crippen molar-refractivity contribution in [3.63, 3.8) is 0 Å². The number of anilines is 1. The summed E-state index contributed by atoms with van der Waals surface area (Å²) in [6.07, 6.45) is 7.82. The Hall–Kier alpha value is -1.91. The van der Waals surface area contributed by atoms with Gasteiger partial charge in [-0.15, -0.1) is 0 Å². The third-order valence-corrected chi connectivity index (χ3v) is 7.37. The molecule has 27 heavy (non-hydrogen) atoms. The van der Waals surface area contributed by atoms with E-state index >= 15 is 0 Å². The molecule has 8 nitrogen and oxygen atoms in total. The summed E-state index contributed by atoms with van der Waals surface area (Å²) in [5, 5.41) is 6.76. The first kappa shape index (κ1) is 19.8. The number of rotatable bonds is 7. The maximum atomic E-state index is 12.8. The fourth-order valence-electron chi connectivity index (χ4n) is 3.01. The molecule has 1 aliphatic carbocycles. The zero-order valence-electron chi connectivity index (χ0n) is 15.0. The molecule has 0 spiro atoms. The SMILES string of the molecule is CN(C1CCCCC1)S(=O)(=O)c1ccc(SCC(=O)Nc2ccon2)nc1. The molecule has 0 radical (unpaired) electrons. The van der Waals surface area contributed by atoms with Crippen LogP contribution in [0.4, 0.5) is 5.82 Å². The highest BCUT2D eigenvalue weighted by Crippen LogP contribution is 2.27. The second-order valence-corrected chi connectivity index (χ2v) is 9.36. The predicted molar refractivity (Wildman–Crippen MR) is 102 cm³/mol. The molecule has 1 fully saturated rings. The van der Waals surface area contributed by atoms with Crippen LogP contribution in [0.1, 0.15) is 32.1 Å². The molecule has 3 rings (SSSR count). The molecule has 1 N–H and O–H groups in total. The molecule has 2 aromatic rings. The summed E-state index contributed by atoms with van der Waals surface area (Å²) in [5.41, 5.74) is 0. The summed E-state index contributed by atoms with van der Waals surface area (Å²) in [4.78, 5) is 16.2. The summed E-state index contributed by atoms with van der Waals surface area (Å²) in [7, 11) is -1.92. The molecule has 0 atom stereocenters. The van der Waals surface area contributed by atoms with Crippen LogP contribution in [-0.2, 0) is 14.8 Å². The van der Waals surface area contributed by atoms with Crippen LogP contribution in [0.15, 0.2) is 45.1 Å². The highest BCUT2D eigenvalue weighted by atomic mass is 32.2. The smallest absolute Gasteiger partial charge is 0.244 e. The Morgan fingerprint density at radius 1 is 1.30 bits per heavy atom. The van der Waals surface area contributed by atoms with Crippen LogP contribution in [0.3, 0.4) is 0 Å². The van der Waals surface area contributed by atoms with Crippen LogP contribution >= 0.6 is 11.8 Å². The lowest BCUT2D eigenvalue weighted by Gasteiger charge is -2.30. The van der Waals surface area contributed by atoms with E-state index in [-0.39, 0.29) is 22.6 Å². The molecular formula is C17H22N4O4S2. The number of pyridine rings is 1. The fourth-order valence-corrected chi connectivity index (χ4v) is 5.01. The predicted octanol–water partition coefficient (Wildman–Crippen LogP) is 2.75. The van der Waals surface area contributed by atoms with Crippen LogP contribution in [-0.4, -0.2) is 47.6 Å². The molecule has 0 unspecified atom stereocenters. The van der Waals surface area contributed by atoms with Gasteiger partial charge in [0.2, 0.25) is 15.9 Å². The third kappa shape index (κ3) is 5.08. The number of carbonyl (C=O) groups excluding carboxylic acids is 1. The maximum absolute atomic E-state index is 12.8. The summed E-state index contributed by atoms with van der Waals surface area (Å²) in [6.45, 7) is 0. The van der Waals surface area contributed by atoms with Crippen LogP contribution in [0.25, 0.3) is 0 Å². The number of thioether (sulfide) groups is 1. The van der Waals surface area contributed by atoms with Crippen molar-refractivity contribution in [1.82, 2.24) is 14.4 Å². The summed E-state index contributed by atoms with van der Waals surface area (Å²) in [5.74, 6) is 0.235. The first-order chi connectivity index (χ1) is 13.0. The van der Waals surface area contributed by atoms with Crippen molar-refractivity contribution in [1.29, 1.82) is 0 Å². The number of hydrogen-bond donors (Lipinski definition) is 1. The van der Waals surface area contributed by atoms with Crippen LogP contribution in [0.2, 0.25) is 0 Å². The minimum Gasteiger partial charge on any atom is -0.363 e. The summed E-state index contributed by atoms with van der Waals surface area (Å²) in [6, 6.07) is 4.76. The minimum atomic E-state index is -3.56. The van der Waals surface area contributed by atoms with Gasteiger partial charge in [-0.05, 0) is 25.0 Å². The number of carbonyl (C=O) groups is 1. The Balaban J connectivity index is 1.58. The van der Waals surface area contributed by atoms with Crippen LogP contribution < -0.4 is 5.32 Å². The summed E-state index contributed by atoms with van der Waals surface area (Å²) < 4.78 is 31.7. The quantitative estimate of drug-likeness (QED) is 0.700. The van der Waals surface area contributed by atoms with Crippen molar-refractivity contribution >= 4 is 33.5 Å². The standard InChI is InChI=1S/C17H22N4O4S2/c1-21(13-5-3-2-4-6-13)27(23,24)14-7-8-17(18-11-14)26-12-16(22)19-15-9-10-25-20-15/h7-11,13H,2-6,12H2,1H3,(H,19,20,22). The highest BCUT2D eigenvalue weighted by molar-refractivity contribution is 7.99. The Labute approximate surface area is 162 Å². The number of sulfonamides is 1. The molecule has 0 saturated heterocycles. The Kier molecular flexibility index (Phi) is 6.51. The second-order valence-electron chi connectivity index (χ2n) is 6.37. The lowest BCUT2D eigenvalue weighted by molar-refractivity contribution is -0.113. The molecule has 1 saturated carbocycles. The molecule has 0 aliphatic heterocycles. The number of aromatic nitrogens is 2. The normalized spacial score (nSPS) is 15.8. The van der Waals surface area contributed by atoms with E-state index in [0.29, 0.717) is 10.8 Å². The van der Waals surface area contributed by atoms with Gasteiger partial charge >= 0.3 is 0 Å². The molecule has 0 aromatic carbocycles. The molecule has 10 heteroatoms. The van der Waals surface area contributed by atoms with Crippen molar-refractivity contribution in [3.8, 4) is 0 Å². The molecule has 146 valence electrons. The first-order valence-electron chi connectivity index (χ1n) is 8.74. The Bertz CT molecular complexity index is 848. The van der Waals surface area contributed by atoms with Gasteiger partial charge in [0.1, 0.15) is 11.2 Å². The third-order valence-electron chi connectivity index (χ3n) is 4.53. The van der Waals surface area contributed by atoms with E-state index in [9.17, 15) is 13.2 Å². The van der Waals surface area contributed by atoms with Gasteiger partial charge in [-0.25, -0.2) is 13.4 Å². The van der Waals surface area contributed by atoms with E-state index in [1.807, 2.05) is 0 Å². The zero-order valence-corrected chi connectivity index (χ0v) is 16.6. The average Bonchev–Trinajstić information content (AvgIpc) is 3.19. The fraction of sp³-hybridized carbons (Fsp3) is 0.471. The molecule has 2 heterocycles. The Morgan fingerprint density at radius 3 is 2.70 bits per heavy atom. The van der Waals surface area contributed by atoms with E-state index in [2.05, 4.69) is 20.0 Å². The van der Waals surface area contributed by atoms with E-state index in [1.165, 1.54) is 34.9 Å². The van der Waals surface area contributed by atoms with Gasteiger partial charge in [-0.3, -0.25) is 4.79 Å². The molecule has 2 aromatic heterocycles. The van der Waals surface area contributed by atoms with Crippen molar-refractivity contribution in [2.75, 3.05) is 18.1 Å². The molecular weight excluding hydrogens is 388 g/mol. The van der Waals surface area contributed by atoms with Gasteiger partial charge in [-0.2, -0.15) is 4.31 Å². The number of nitrogens with zero attached hydrogens (tertiary/aromatic N) is 3. The summed E-state index contributed by atoms with van der Waals surface area (Å²) >= 11 is 1.22. The Morgan fingerprint density at radius 2 is 2.07 bits per heavy atom. The van der Waals surface area contributed by atoms with E-state index < -0.39 is 10.0 Å². The maximum Gasteiger partial charge on any atom is 0.244 e. The van der Waals surface area contributed by atoms with Crippen LogP contribution in [0.5, 0.6) is 0 Å². The molecule has 1 aliphatic rings. The van der Waals surface area contributed by atoms with E-state index in [1.54, 1.807) is 25.2 Å². The average molecular weight is 411 g/mol. The highest BCUT2D eigenvalue weighted by Gasteiger charge is 2.29. The zero-order chi connectivity index (χ0) is 19.3. The van der Waals surface area contributed by atoms with Gasteiger partial charge in [0.05, 0.1) is 10.8 Å². The van der Waals surface area contributed by atoms with Crippen molar-refractivity contribution in [2.24, 2.45) is 0 Å². The van der Waals surface area contributed by atoms with Gasteiger partial charge < -0.3 is 9.84 Å². The number of hydrogen-bond acceptors (Lipinski definition) is 7. The number of amides is 1. The van der Waals surface area contributed by atoms with Gasteiger partial charge in [0, 0.05) is 25.4 Å². The lowest BCUT2D eigenvalue weighted by Crippen LogP contribution is -2.38. The van der Waals surface area contributed by atoms with Crippen LogP contribution in [0, 0.1) is 0 Å². The molecule has 0 bridgehead atoms. The first-order valence-corrected chi connectivity index (χ1v) is 11.2. The molecule has 1 amide bonds. The van der Waals surface area contributed by atoms with Crippen molar-refractivity contribution in [2.45, 2.75) is 48.1 Å². The van der Waals surface area contributed by atoms with Gasteiger partial charge in [-0.1, -0.05) is 36.2 Å². The minimum absolute atomic E-state index is 0.0537. The van der Waals surface area contributed by atoms with Crippen molar-refractivity contribution < 1.29 is 17.7 Å². The van der Waals surface area contributed by atoms with Gasteiger partial charge in [0.25, 0.3) is 0 Å². The van der Waals surface area contributed by atoms with Gasteiger partial charge in [0.15, 0.2) is 5.82 Å².